The van der Waals surface area contributed by atoms with E-state index in [9.17, 15) is 4.79 Å². The Labute approximate surface area is 162 Å². The SMILES string of the molecule is CC(C)(C)[Si](C)(C)O[C@@H]1[C@@H](O[Si](C)(C)C(C)(C)C)CN2C=CC(=O)C[C@@H]12. The predicted molar refractivity (Wildman–Crippen MR) is 113 cm³/mol. The van der Waals surface area contributed by atoms with Crippen molar-refractivity contribution in [1.82, 2.24) is 4.90 Å². The molecule has 0 radical (unpaired) electrons. The lowest BCUT2D eigenvalue weighted by Crippen LogP contribution is -2.53. The lowest BCUT2D eigenvalue weighted by molar-refractivity contribution is -0.116. The topological polar surface area (TPSA) is 38.8 Å². The molecule has 6 heteroatoms. The van der Waals surface area contributed by atoms with Crippen molar-refractivity contribution in [2.45, 2.75) is 102 Å². The number of hydrogen-bond acceptors (Lipinski definition) is 4. The molecule has 0 aromatic rings. The molecule has 26 heavy (non-hydrogen) atoms. The molecule has 2 aliphatic rings. The van der Waals surface area contributed by atoms with Crippen LogP contribution >= 0.6 is 0 Å². The number of ketones is 1. The van der Waals surface area contributed by atoms with Gasteiger partial charge in [0, 0.05) is 19.2 Å². The number of carbonyl (C=O) groups is 1. The average Bonchev–Trinajstić information content (AvgIpc) is 2.73. The average molecular weight is 398 g/mol. The van der Waals surface area contributed by atoms with Crippen LogP contribution in [0.4, 0.5) is 0 Å². The Morgan fingerprint density at radius 3 is 1.96 bits per heavy atom. The second-order valence-electron chi connectivity index (χ2n) is 11.0. The van der Waals surface area contributed by atoms with E-state index in [1.807, 2.05) is 6.20 Å². The van der Waals surface area contributed by atoms with Crippen LogP contribution in [-0.2, 0) is 13.6 Å². The summed E-state index contributed by atoms with van der Waals surface area (Å²) >= 11 is 0. The highest BCUT2D eigenvalue weighted by Gasteiger charge is 2.51. The Kier molecular flexibility index (Phi) is 5.77. The van der Waals surface area contributed by atoms with Crippen LogP contribution in [0, 0.1) is 0 Å². The van der Waals surface area contributed by atoms with Gasteiger partial charge in [0.2, 0.25) is 0 Å². The molecule has 3 atom stereocenters. The fourth-order valence-electron chi connectivity index (χ4n) is 3.07. The van der Waals surface area contributed by atoms with Crippen LogP contribution < -0.4 is 0 Å². The van der Waals surface area contributed by atoms with Gasteiger partial charge in [-0.15, -0.1) is 0 Å². The normalized spacial score (nSPS) is 27.8. The molecule has 0 saturated carbocycles. The Bertz CT molecular complexity index is 573. The van der Waals surface area contributed by atoms with E-state index < -0.39 is 16.6 Å². The Balaban J connectivity index is 2.31. The second-order valence-corrected chi connectivity index (χ2v) is 20.5. The van der Waals surface area contributed by atoms with Gasteiger partial charge in [-0.1, -0.05) is 41.5 Å². The summed E-state index contributed by atoms with van der Waals surface area (Å²) in [4.78, 5) is 14.3. The van der Waals surface area contributed by atoms with E-state index in [1.165, 1.54) is 0 Å². The van der Waals surface area contributed by atoms with Crippen molar-refractivity contribution in [3.8, 4) is 0 Å². The first kappa shape index (κ1) is 21.9. The molecule has 150 valence electrons. The lowest BCUT2D eigenvalue weighted by atomic mass is 10.0. The molecule has 2 aliphatic heterocycles. The molecule has 2 rings (SSSR count). The summed E-state index contributed by atoms with van der Waals surface area (Å²) in [6, 6.07) is 0.108. The molecule has 0 aromatic carbocycles. The third-order valence-corrected chi connectivity index (χ3v) is 15.9. The van der Waals surface area contributed by atoms with Gasteiger partial charge in [0.05, 0.1) is 18.2 Å². The molecule has 0 bridgehead atoms. The van der Waals surface area contributed by atoms with Crippen molar-refractivity contribution >= 4 is 22.4 Å². The summed E-state index contributed by atoms with van der Waals surface area (Å²) in [7, 11) is -3.87. The molecule has 0 aliphatic carbocycles. The van der Waals surface area contributed by atoms with Crippen molar-refractivity contribution in [2.24, 2.45) is 0 Å². The van der Waals surface area contributed by atoms with Crippen LogP contribution in [0.5, 0.6) is 0 Å². The molecule has 1 saturated heterocycles. The lowest BCUT2D eigenvalue weighted by Gasteiger charge is -2.44. The van der Waals surface area contributed by atoms with Gasteiger partial charge in [-0.2, -0.15) is 0 Å². The smallest absolute Gasteiger partial charge is 0.192 e. The third kappa shape index (κ3) is 4.34. The van der Waals surface area contributed by atoms with Crippen molar-refractivity contribution in [3.05, 3.63) is 12.3 Å². The van der Waals surface area contributed by atoms with Crippen LogP contribution in [-0.4, -0.2) is 52.1 Å². The van der Waals surface area contributed by atoms with E-state index in [-0.39, 0.29) is 34.1 Å². The molecule has 0 unspecified atom stereocenters. The van der Waals surface area contributed by atoms with Crippen LogP contribution in [0.2, 0.25) is 36.3 Å². The zero-order chi connectivity index (χ0) is 20.1. The van der Waals surface area contributed by atoms with E-state index >= 15 is 0 Å². The highest BCUT2D eigenvalue weighted by molar-refractivity contribution is 6.74. The Hall–Kier alpha value is -0.436. The summed E-state index contributed by atoms with van der Waals surface area (Å²) in [6.45, 7) is 23.6. The first-order valence-electron chi connectivity index (χ1n) is 9.88. The molecule has 0 N–H and O–H groups in total. The number of rotatable bonds is 4. The summed E-state index contributed by atoms with van der Waals surface area (Å²) in [5.74, 6) is 0.197. The molecule has 2 heterocycles. The van der Waals surface area contributed by atoms with Gasteiger partial charge in [-0.05, 0) is 42.3 Å². The second kappa shape index (κ2) is 6.87. The van der Waals surface area contributed by atoms with Crippen LogP contribution in [0.25, 0.3) is 0 Å². The maximum Gasteiger partial charge on any atom is 0.192 e. The number of carbonyl (C=O) groups excluding carboxylic acids is 1. The van der Waals surface area contributed by atoms with E-state index in [1.54, 1.807) is 6.08 Å². The van der Waals surface area contributed by atoms with E-state index in [0.29, 0.717) is 6.42 Å². The van der Waals surface area contributed by atoms with Crippen molar-refractivity contribution < 1.29 is 13.6 Å². The molecule has 0 amide bonds. The minimum absolute atomic E-state index is 0.0288. The number of fused-ring (bicyclic) bond motifs is 1. The predicted octanol–water partition coefficient (Wildman–Crippen LogP) is 4.94. The first-order valence-corrected chi connectivity index (χ1v) is 15.7. The van der Waals surface area contributed by atoms with Gasteiger partial charge in [0.1, 0.15) is 0 Å². The van der Waals surface area contributed by atoms with Gasteiger partial charge in [0.25, 0.3) is 0 Å². The molecular formula is C20H39NO3Si2. The zero-order valence-corrected chi connectivity index (χ0v) is 20.5. The van der Waals surface area contributed by atoms with Crippen molar-refractivity contribution in [1.29, 1.82) is 0 Å². The molecule has 1 fully saturated rings. The van der Waals surface area contributed by atoms with Crippen molar-refractivity contribution in [3.63, 3.8) is 0 Å². The fourth-order valence-corrected chi connectivity index (χ4v) is 5.73. The number of hydrogen-bond donors (Lipinski definition) is 0. The summed E-state index contributed by atoms with van der Waals surface area (Å²) in [5, 5.41) is 0.291. The highest BCUT2D eigenvalue weighted by Crippen LogP contribution is 2.43. The van der Waals surface area contributed by atoms with Gasteiger partial charge < -0.3 is 13.8 Å². The first-order chi connectivity index (χ1) is 11.6. The van der Waals surface area contributed by atoms with Crippen LogP contribution in [0.3, 0.4) is 0 Å². The molecule has 4 nitrogen and oxygen atoms in total. The third-order valence-electron chi connectivity index (χ3n) is 6.91. The summed E-state index contributed by atoms with van der Waals surface area (Å²) in [5.41, 5.74) is 0. The standard InChI is InChI=1S/C20H39NO3Si2/c1-19(2,3)25(7,8)23-17-14-21-12-11-15(22)13-16(21)18(17)24-26(9,10)20(4,5)6/h11-12,16-18H,13-14H2,1-10H3/t16-,17-,18-/m0/s1. The highest BCUT2D eigenvalue weighted by atomic mass is 28.4. The Morgan fingerprint density at radius 2 is 1.46 bits per heavy atom. The maximum absolute atomic E-state index is 12.1. The maximum atomic E-state index is 12.1. The largest absolute Gasteiger partial charge is 0.409 e. The number of allylic oxidation sites excluding steroid dienone is 1. The molecule has 0 aromatic heterocycles. The van der Waals surface area contributed by atoms with Gasteiger partial charge in [-0.3, -0.25) is 4.79 Å². The molecular weight excluding hydrogens is 358 g/mol. The van der Waals surface area contributed by atoms with Crippen LogP contribution in [0.1, 0.15) is 48.0 Å². The fraction of sp³-hybridized carbons (Fsp3) is 0.850. The van der Waals surface area contributed by atoms with E-state index in [0.717, 1.165) is 6.54 Å². The number of nitrogens with zero attached hydrogens (tertiary/aromatic N) is 1. The zero-order valence-electron chi connectivity index (χ0n) is 18.5. The summed E-state index contributed by atoms with van der Waals surface area (Å²) < 4.78 is 13.7. The monoisotopic (exact) mass is 397 g/mol. The van der Waals surface area contributed by atoms with E-state index in [2.05, 4.69) is 72.6 Å². The van der Waals surface area contributed by atoms with Crippen molar-refractivity contribution in [2.75, 3.05) is 6.54 Å². The van der Waals surface area contributed by atoms with E-state index in [4.69, 9.17) is 8.85 Å². The Morgan fingerprint density at radius 1 is 0.962 bits per heavy atom. The van der Waals surface area contributed by atoms with Gasteiger partial charge >= 0.3 is 0 Å². The van der Waals surface area contributed by atoms with Gasteiger partial charge in [-0.25, -0.2) is 0 Å². The van der Waals surface area contributed by atoms with Crippen LogP contribution in [0.15, 0.2) is 12.3 Å². The molecule has 0 spiro atoms. The minimum Gasteiger partial charge on any atom is -0.409 e. The quantitative estimate of drug-likeness (QED) is 0.630. The van der Waals surface area contributed by atoms with Gasteiger partial charge in [0.15, 0.2) is 22.4 Å². The minimum atomic E-state index is -1.96. The summed E-state index contributed by atoms with van der Waals surface area (Å²) in [6.07, 6.45) is 4.19.